The number of nitrogens with one attached hydrogen (secondary N) is 1. The van der Waals surface area contributed by atoms with Crippen LogP contribution < -0.4 is 5.32 Å². The van der Waals surface area contributed by atoms with Crippen LogP contribution in [-0.4, -0.2) is 74.3 Å². The normalized spacial score (nSPS) is 14.3. The van der Waals surface area contributed by atoms with Gasteiger partial charge in [-0.15, -0.1) is 0 Å². The smallest absolute Gasteiger partial charge is 0.456 e. The van der Waals surface area contributed by atoms with E-state index < -0.39 is 25.9 Å². The van der Waals surface area contributed by atoms with Crippen LogP contribution in [-0.2, 0) is 27.9 Å². The summed E-state index contributed by atoms with van der Waals surface area (Å²) in [6.07, 6.45) is 68.8. The SMILES string of the molecule is CC/C=C\C/C=C\C/C=C\C/C=C\C/C=C\C/C=C\CCC(=O)OC(/C=C/CCCCCCCCCCCC)C(COP(=O)(O)OCC[N+](C)(C)C)NC(=O)CCCCCCCCCCCCCCCCCC. The van der Waals surface area contributed by atoms with E-state index in [0.717, 1.165) is 77.0 Å². The molecule has 422 valence electrons. The number of rotatable bonds is 53. The molecule has 3 unspecified atom stereocenters. The number of amides is 1. The zero-order chi connectivity index (χ0) is 53.6. The Morgan fingerprint density at radius 2 is 0.890 bits per heavy atom. The third-order valence-corrected chi connectivity index (χ3v) is 13.8. The molecule has 0 aromatic carbocycles. The van der Waals surface area contributed by atoms with E-state index in [1.54, 1.807) is 0 Å². The van der Waals surface area contributed by atoms with Crippen LogP contribution in [0, 0.1) is 0 Å². The molecule has 3 atom stereocenters. The quantitative estimate of drug-likeness (QED) is 0.0205. The molecule has 1 amide bonds. The number of phosphoric ester groups is 1. The molecule has 0 heterocycles. The first-order valence-electron chi connectivity index (χ1n) is 29.9. The lowest BCUT2D eigenvalue weighted by Gasteiger charge is -2.27. The number of hydrogen-bond acceptors (Lipinski definition) is 6. The second kappa shape index (κ2) is 52.6. The van der Waals surface area contributed by atoms with Gasteiger partial charge in [-0.1, -0.05) is 254 Å². The Morgan fingerprint density at radius 1 is 0.493 bits per heavy atom. The summed E-state index contributed by atoms with van der Waals surface area (Å²) in [5.74, 6) is -0.601. The van der Waals surface area contributed by atoms with Gasteiger partial charge in [-0.3, -0.25) is 18.6 Å². The highest BCUT2D eigenvalue weighted by Crippen LogP contribution is 2.43. The molecule has 0 aromatic heterocycles. The number of likely N-dealkylation sites (N-methyl/N-ethyl adjacent to an activating group) is 1. The van der Waals surface area contributed by atoms with Crippen molar-refractivity contribution < 1.29 is 37.3 Å². The van der Waals surface area contributed by atoms with Gasteiger partial charge in [-0.25, -0.2) is 4.57 Å². The van der Waals surface area contributed by atoms with E-state index in [2.05, 4.69) is 92.9 Å². The highest BCUT2D eigenvalue weighted by molar-refractivity contribution is 7.47. The van der Waals surface area contributed by atoms with Gasteiger partial charge in [0.2, 0.25) is 5.91 Å². The van der Waals surface area contributed by atoms with Crippen molar-refractivity contribution in [2.75, 3.05) is 40.9 Å². The maximum atomic E-state index is 13.5. The summed E-state index contributed by atoms with van der Waals surface area (Å²) in [4.78, 5) is 37.6. The van der Waals surface area contributed by atoms with Crippen LogP contribution in [0.4, 0.5) is 0 Å². The second-order valence-electron chi connectivity index (χ2n) is 21.1. The van der Waals surface area contributed by atoms with Gasteiger partial charge in [0.05, 0.1) is 33.8 Å². The fraction of sp³-hybridized carbons (Fsp3) is 0.746. The molecule has 0 aliphatic heterocycles. The highest BCUT2D eigenvalue weighted by atomic mass is 31.2. The maximum Gasteiger partial charge on any atom is 0.472 e. The Bertz CT molecular complexity index is 1530. The van der Waals surface area contributed by atoms with Crippen LogP contribution in [0.5, 0.6) is 0 Å². The monoisotopic (exact) mass is 1040 g/mol. The molecular weight excluding hydrogens is 928 g/mol. The molecule has 0 saturated heterocycles. The molecule has 0 aliphatic rings. The molecule has 2 N–H and O–H groups in total. The average Bonchev–Trinajstić information content (AvgIpc) is 3.35. The van der Waals surface area contributed by atoms with Crippen molar-refractivity contribution in [2.45, 2.75) is 264 Å². The lowest BCUT2D eigenvalue weighted by Crippen LogP contribution is -2.47. The van der Waals surface area contributed by atoms with Crippen LogP contribution in [0.25, 0.3) is 0 Å². The topological polar surface area (TPSA) is 111 Å². The van der Waals surface area contributed by atoms with E-state index in [4.69, 9.17) is 13.8 Å². The average molecular weight is 1040 g/mol. The highest BCUT2D eigenvalue weighted by Gasteiger charge is 2.30. The predicted octanol–water partition coefficient (Wildman–Crippen LogP) is 18.2. The summed E-state index contributed by atoms with van der Waals surface area (Å²) < 4.78 is 30.6. The van der Waals surface area contributed by atoms with Crippen molar-refractivity contribution in [3.8, 4) is 0 Å². The molecule has 0 rings (SSSR count). The molecule has 0 aliphatic carbocycles. The lowest BCUT2D eigenvalue weighted by molar-refractivity contribution is -0.870. The molecule has 9 nitrogen and oxygen atoms in total. The minimum Gasteiger partial charge on any atom is -0.456 e. The summed E-state index contributed by atoms with van der Waals surface area (Å²) >= 11 is 0. The maximum absolute atomic E-state index is 13.5. The number of carbonyl (C=O) groups excluding carboxylic acids is 2. The second-order valence-corrected chi connectivity index (χ2v) is 22.6. The van der Waals surface area contributed by atoms with Crippen LogP contribution >= 0.6 is 7.82 Å². The first-order valence-corrected chi connectivity index (χ1v) is 31.4. The first-order chi connectivity index (χ1) is 35.4. The number of phosphoric acid groups is 1. The number of hydrogen-bond donors (Lipinski definition) is 2. The Labute approximate surface area is 450 Å². The molecule has 0 fully saturated rings. The van der Waals surface area contributed by atoms with Gasteiger partial charge in [0, 0.05) is 12.8 Å². The number of allylic oxidation sites excluding steroid dienone is 13. The summed E-state index contributed by atoms with van der Waals surface area (Å²) in [7, 11) is 1.45. The molecular formula is C63H114N2O7P+. The van der Waals surface area contributed by atoms with Crippen LogP contribution in [0.1, 0.15) is 252 Å². The third-order valence-electron chi connectivity index (χ3n) is 12.9. The molecule has 0 saturated carbocycles. The summed E-state index contributed by atoms with van der Waals surface area (Å²) in [6, 6.07) is -0.880. The van der Waals surface area contributed by atoms with Gasteiger partial charge in [-0.05, 0) is 70.3 Å². The van der Waals surface area contributed by atoms with E-state index in [0.29, 0.717) is 23.9 Å². The van der Waals surface area contributed by atoms with E-state index in [9.17, 15) is 19.0 Å². The summed E-state index contributed by atoms with van der Waals surface area (Å²) in [5.41, 5.74) is 0. The molecule has 0 radical (unpaired) electrons. The molecule has 0 spiro atoms. The van der Waals surface area contributed by atoms with Gasteiger partial charge in [-0.2, -0.15) is 0 Å². The number of unbranched alkanes of at least 4 members (excludes halogenated alkanes) is 25. The Morgan fingerprint density at radius 3 is 1.32 bits per heavy atom. The first kappa shape index (κ1) is 70.2. The molecule has 10 heteroatoms. The third kappa shape index (κ3) is 53.8. The van der Waals surface area contributed by atoms with E-state index in [1.807, 2.05) is 39.4 Å². The van der Waals surface area contributed by atoms with Crippen LogP contribution in [0.3, 0.4) is 0 Å². The number of nitrogens with zero attached hydrogens (tertiary/aromatic N) is 1. The number of esters is 1. The van der Waals surface area contributed by atoms with Gasteiger partial charge < -0.3 is 19.4 Å². The Kier molecular flexibility index (Phi) is 50.6. The number of quaternary nitrogens is 1. The molecule has 0 aromatic rings. The molecule has 73 heavy (non-hydrogen) atoms. The van der Waals surface area contributed by atoms with E-state index in [1.165, 1.54) is 135 Å². The van der Waals surface area contributed by atoms with Crippen molar-refractivity contribution in [1.82, 2.24) is 5.32 Å². The summed E-state index contributed by atoms with van der Waals surface area (Å²) in [5, 5.41) is 3.03. The molecule has 0 bridgehead atoms. The number of ether oxygens (including phenoxy) is 1. The Balaban J connectivity index is 5.42. The van der Waals surface area contributed by atoms with Crippen molar-refractivity contribution in [3.05, 3.63) is 85.1 Å². The Hall–Kier alpha value is -2.81. The predicted molar refractivity (Wildman–Crippen MR) is 314 cm³/mol. The van der Waals surface area contributed by atoms with Crippen LogP contribution in [0.2, 0.25) is 0 Å². The van der Waals surface area contributed by atoms with Gasteiger partial charge in [0.1, 0.15) is 19.3 Å². The zero-order valence-corrected chi connectivity index (χ0v) is 49.0. The van der Waals surface area contributed by atoms with Crippen LogP contribution in [0.15, 0.2) is 85.1 Å². The van der Waals surface area contributed by atoms with Gasteiger partial charge in [0.15, 0.2) is 0 Å². The van der Waals surface area contributed by atoms with E-state index >= 15 is 0 Å². The fourth-order valence-electron chi connectivity index (χ4n) is 8.26. The standard InChI is InChI=1S/C63H113N2O7P/c1-7-10-13-16-19-22-25-28-30-32-33-34-36-38-41-44-47-50-53-56-63(67)72-61(54-51-48-45-42-39-27-24-21-18-15-12-9-3)60(59-71-73(68,69)70-58-57-65(4,5)6)64-62(66)55-52-49-46-43-40-37-35-31-29-26-23-20-17-14-11-8-2/h10,13,19,22,28,30,33-34,38,41,47,50-51,54,60-61H,7-9,11-12,14-18,20-21,23-27,29,31-32,35-37,39-40,42-46,48-49,52-53,55-59H2,1-6H3,(H-,64,66,68,69)/p+1/b13-10-,22-19-,30-28-,34-33-,41-38-,50-47-,54-51+. The van der Waals surface area contributed by atoms with Gasteiger partial charge in [0.25, 0.3) is 0 Å². The lowest BCUT2D eigenvalue weighted by atomic mass is 10.0. The van der Waals surface area contributed by atoms with Crippen molar-refractivity contribution >= 4 is 19.7 Å². The number of carbonyl (C=O) groups is 2. The zero-order valence-electron chi connectivity index (χ0n) is 48.1. The van der Waals surface area contributed by atoms with Crippen molar-refractivity contribution in [3.63, 3.8) is 0 Å². The fourth-order valence-corrected chi connectivity index (χ4v) is 9.00. The minimum absolute atomic E-state index is 0.0271. The largest absolute Gasteiger partial charge is 0.472 e. The van der Waals surface area contributed by atoms with E-state index in [-0.39, 0.29) is 25.5 Å². The van der Waals surface area contributed by atoms with Crippen molar-refractivity contribution in [2.24, 2.45) is 0 Å². The minimum atomic E-state index is -4.46. The summed E-state index contributed by atoms with van der Waals surface area (Å²) in [6.45, 7) is 6.85. The van der Waals surface area contributed by atoms with Gasteiger partial charge >= 0.3 is 13.8 Å². The van der Waals surface area contributed by atoms with Crippen molar-refractivity contribution in [1.29, 1.82) is 0 Å².